The van der Waals surface area contributed by atoms with Crippen molar-refractivity contribution in [1.82, 2.24) is 4.98 Å². The summed E-state index contributed by atoms with van der Waals surface area (Å²) in [5.74, 6) is -0.0596. The van der Waals surface area contributed by atoms with E-state index in [0.717, 1.165) is 16.5 Å². The zero-order valence-electron chi connectivity index (χ0n) is 7.16. The average molecular weight is 175 g/mol. The van der Waals surface area contributed by atoms with Crippen molar-refractivity contribution in [3.8, 4) is 5.88 Å². The van der Waals surface area contributed by atoms with Crippen molar-refractivity contribution >= 4 is 17.2 Å². The molecule has 1 aromatic heterocycles. The number of aromatic nitrogens is 1. The van der Waals surface area contributed by atoms with Crippen LogP contribution in [0.1, 0.15) is 15.9 Å². The molecule has 13 heavy (non-hydrogen) atoms. The topological polar surface area (TPSA) is 53.1 Å². The molecule has 2 N–H and O–H groups in total. The van der Waals surface area contributed by atoms with Gasteiger partial charge in [0.1, 0.15) is 0 Å². The third-order valence-corrected chi connectivity index (χ3v) is 2.09. The standard InChI is InChI=1S/C10H9NO2/c1-6-2-3-9-7(4-6)8(5-12)10(13)11-9/h2-5,11,13H,1H3. The number of nitrogens with one attached hydrogen (secondary N) is 1. The fourth-order valence-corrected chi connectivity index (χ4v) is 1.43. The molecule has 0 unspecified atom stereocenters. The normalized spacial score (nSPS) is 10.5. The highest BCUT2D eigenvalue weighted by atomic mass is 16.3. The summed E-state index contributed by atoms with van der Waals surface area (Å²) in [6.45, 7) is 1.94. The number of hydrogen-bond acceptors (Lipinski definition) is 2. The van der Waals surface area contributed by atoms with Gasteiger partial charge < -0.3 is 10.1 Å². The van der Waals surface area contributed by atoms with Crippen LogP contribution in [0.15, 0.2) is 18.2 Å². The molecule has 0 saturated carbocycles. The molecular formula is C10H9NO2. The number of hydrogen-bond donors (Lipinski definition) is 2. The van der Waals surface area contributed by atoms with Crippen LogP contribution in [0.25, 0.3) is 10.9 Å². The maximum Gasteiger partial charge on any atom is 0.200 e. The Hall–Kier alpha value is -1.77. The molecule has 0 amide bonds. The number of carbonyl (C=O) groups is 1. The summed E-state index contributed by atoms with van der Waals surface area (Å²) >= 11 is 0. The van der Waals surface area contributed by atoms with E-state index in [1.807, 2.05) is 25.1 Å². The summed E-state index contributed by atoms with van der Waals surface area (Å²) in [4.78, 5) is 13.4. The van der Waals surface area contributed by atoms with Crippen LogP contribution in [0.3, 0.4) is 0 Å². The molecule has 2 rings (SSSR count). The third kappa shape index (κ3) is 1.09. The Balaban J connectivity index is 2.88. The number of benzene rings is 1. The van der Waals surface area contributed by atoms with Crippen LogP contribution < -0.4 is 0 Å². The summed E-state index contributed by atoms with van der Waals surface area (Å²) in [5.41, 5.74) is 2.18. The van der Waals surface area contributed by atoms with E-state index in [-0.39, 0.29) is 5.88 Å². The van der Waals surface area contributed by atoms with E-state index in [0.29, 0.717) is 11.8 Å². The highest BCUT2D eigenvalue weighted by Crippen LogP contribution is 2.25. The molecule has 0 aliphatic heterocycles. The van der Waals surface area contributed by atoms with Crippen LogP contribution in [0.2, 0.25) is 0 Å². The fraction of sp³-hybridized carbons (Fsp3) is 0.100. The minimum atomic E-state index is -0.0596. The third-order valence-electron chi connectivity index (χ3n) is 2.09. The highest BCUT2D eigenvalue weighted by Gasteiger charge is 2.08. The van der Waals surface area contributed by atoms with Gasteiger partial charge in [-0.2, -0.15) is 0 Å². The Morgan fingerprint density at radius 1 is 1.46 bits per heavy atom. The molecule has 66 valence electrons. The van der Waals surface area contributed by atoms with E-state index in [4.69, 9.17) is 0 Å². The lowest BCUT2D eigenvalue weighted by Crippen LogP contribution is -1.77. The lowest BCUT2D eigenvalue weighted by Gasteiger charge is -1.92. The lowest BCUT2D eigenvalue weighted by atomic mass is 10.1. The largest absolute Gasteiger partial charge is 0.494 e. The summed E-state index contributed by atoms with van der Waals surface area (Å²) in [7, 11) is 0. The smallest absolute Gasteiger partial charge is 0.200 e. The monoisotopic (exact) mass is 175 g/mol. The number of carbonyl (C=O) groups excluding carboxylic acids is 1. The molecule has 0 fully saturated rings. The number of aromatic amines is 1. The molecule has 2 aromatic rings. The lowest BCUT2D eigenvalue weighted by molar-refractivity contribution is 0.112. The van der Waals surface area contributed by atoms with Crippen LogP contribution in [-0.4, -0.2) is 16.4 Å². The molecule has 0 aliphatic carbocycles. The second kappa shape index (κ2) is 2.62. The van der Waals surface area contributed by atoms with Crippen molar-refractivity contribution in [2.75, 3.05) is 0 Å². The van der Waals surface area contributed by atoms with Crippen molar-refractivity contribution < 1.29 is 9.90 Å². The predicted molar refractivity (Wildman–Crippen MR) is 50.1 cm³/mol. The van der Waals surface area contributed by atoms with E-state index in [2.05, 4.69) is 4.98 Å². The second-order valence-corrected chi connectivity index (χ2v) is 3.05. The van der Waals surface area contributed by atoms with Gasteiger partial charge >= 0.3 is 0 Å². The van der Waals surface area contributed by atoms with Crippen molar-refractivity contribution in [3.63, 3.8) is 0 Å². The van der Waals surface area contributed by atoms with E-state index >= 15 is 0 Å². The number of rotatable bonds is 1. The zero-order valence-corrected chi connectivity index (χ0v) is 7.16. The van der Waals surface area contributed by atoms with Gasteiger partial charge in [-0.25, -0.2) is 0 Å². The molecule has 0 atom stereocenters. The van der Waals surface area contributed by atoms with Gasteiger partial charge in [-0.1, -0.05) is 11.6 Å². The van der Waals surface area contributed by atoms with Crippen molar-refractivity contribution in [1.29, 1.82) is 0 Å². The molecule has 0 saturated heterocycles. The van der Waals surface area contributed by atoms with Crippen LogP contribution in [-0.2, 0) is 0 Å². The van der Waals surface area contributed by atoms with Crippen molar-refractivity contribution in [2.24, 2.45) is 0 Å². The van der Waals surface area contributed by atoms with Crippen LogP contribution in [0.4, 0.5) is 0 Å². The van der Waals surface area contributed by atoms with Gasteiger partial charge in [0, 0.05) is 10.9 Å². The highest BCUT2D eigenvalue weighted by molar-refractivity contribution is 6.00. The quantitative estimate of drug-likeness (QED) is 0.651. The van der Waals surface area contributed by atoms with Crippen LogP contribution >= 0.6 is 0 Å². The van der Waals surface area contributed by atoms with Crippen LogP contribution in [0, 0.1) is 6.92 Å². The molecule has 1 heterocycles. The Morgan fingerprint density at radius 2 is 2.23 bits per heavy atom. The van der Waals surface area contributed by atoms with E-state index in [1.165, 1.54) is 0 Å². The SMILES string of the molecule is Cc1ccc2[nH]c(O)c(C=O)c2c1. The first kappa shape index (κ1) is 7.86. The first-order chi connectivity index (χ1) is 6.22. The Morgan fingerprint density at radius 3 is 2.92 bits per heavy atom. The Bertz CT molecular complexity index is 471. The van der Waals surface area contributed by atoms with Crippen LogP contribution in [0.5, 0.6) is 5.88 Å². The predicted octanol–water partition coefficient (Wildman–Crippen LogP) is 1.99. The van der Waals surface area contributed by atoms with Gasteiger partial charge in [0.2, 0.25) is 0 Å². The van der Waals surface area contributed by atoms with Gasteiger partial charge in [-0.15, -0.1) is 0 Å². The number of aromatic hydroxyl groups is 1. The van der Waals surface area contributed by atoms with Gasteiger partial charge in [0.05, 0.1) is 5.56 Å². The second-order valence-electron chi connectivity index (χ2n) is 3.05. The van der Waals surface area contributed by atoms with Gasteiger partial charge in [0.25, 0.3) is 0 Å². The molecule has 0 aliphatic rings. The first-order valence-electron chi connectivity index (χ1n) is 3.99. The first-order valence-corrected chi connectivity index (χ1v) is 3.99. The molecule has 1 aromatic carbocycles. The van der Waals surface area contributed by atoms with E-state index in [9.17, 15) is 9.90 Å². The molecule has 0 spiro atoms. The number of H-pyrrole nitrogens is 1. The Labute approximate surface area is 75.0 Å². The molecule has 3 heteroatoms. The van der Waals surface area contributed by atoms with E-state index < -0.39 is 0 Å². The van der Waals surface area contributed by atoms with Gasteiger partial charge in [0.15, 0.2) is 12.2 Å². The maximum atomic E-state index is 10.6. The number of aldehydes is 1. The summed E-state index contributed by atoms with van der Waals surface area (Å²) in [6.07, 6.45) is 0.660. The van der Waals surface area contributed by atoms with Crippen molar-refractivity contribution in [3.05, 3.63) is 29.3 Å². The minimum absolute atomic E-state index is 0.0596. The summed E-state index contributed by atoms with van der Waals surface area (Å²) < 4.78 is 0. The average Bonchev–Trinajstić information content (AvgIpc) is 2.40. The zero-order chi connectivity index (χ0) is 9.42. The molecule has 0 bridgehead atoms. The van der Waals surface area contributed by atoms with Gasteiger partial charge in [-0.3, -0.25) is 4.79 Å². The summed E-state index contributed by atoms with van der Waals surface area (Å²) in [6, 6.07) is 5.64. The fourth-order valence-electron chi connectivity index (χ4n) is 1.43. The van der Waals surface area contributed by atoms with E-state index in [1.54, 1.807) is 0 Å². The van der Waals surface area contributed by atoms with Crippen molar-refractivity contribution in [2.45, 2.75) is 6.92 Å². The maximum absolute atomic E-state index is 10.6. The Kier molecular flexibility index (Phi) is 1.59. The summed E-state index contributed by atoms with van der Waals surface area (Å²) in [5, 5.41) is 10.1. The number of fused-ring (bicyclic) bond motifs is 1. The number of aryl methyl sites for hydroxylation is 1. The molecule has 3 nitrogen and oxygen atoms in total. The minimum Gasteiger partial charge on any atom is -0.494 e. The molecule has 0 radical (unpaired) electrons. The molecular weight excluding hydrogens is 166 g/mol. The van der Waals surface area contributed by atoms with Gasteiger partial charge in [-0.05, 0) is 19.1 Å².